The molecule has 0 bridgehead atoms. The third-order valence-electron chi connectivity index (χ3n) is 9.45. The number of nitrogens with zero attached hydrogens (tertiary/aromatic N) is 1. The van der Waals surface area contributed by atoms with Gasteiger partial charge in [-0.05, 0) is 110 Å². The van der Waals surface area contributed by atoms with Crippen LogP contribution in [0.15, 0.2) is 89.5 Å². The van der Waals surface area contributed by atoms with Gasteiger partial charge in [-0.25, -0.2) is 0 Å². The molecule has 0 unspecified atom stereocenters. The molecular weight excluding hydrogens is 587 g/mol. The van der Waals surface area contributed by atoms with Gasteiger partial charge in [0.15, 0.2) is 0 Å². The second kappa shape index (κ2) is 13.3. The van der Waals surface area contributed by atoms with E-state index in [-0.39, 0.29) is 29.6 Å². The van der Waals surface area contributed by atoms with Crippen LogP contribution in [-0.4, -0.2) is 35.2 Å². The Kier molecular flexibility index (Phi) is 9.17. The van der Waals surface area contributed by atoms with E-state index in [0.29, 0.717) is 29.9 Å². The van der Waals surface area contributed by atoms with E-state index >= 15 is 0 Å². The van der Waals surface area contributed by atoms with Crippen LogP contribution in [0.3, 0.4) is 0 Å². The van der Waals surface area contributed by atoms with Gasteiger partial charge in [-0.3, -0.25) is 14.5 Å². The van der Waals surface area contributed by atoms with Gasteiger partial charge in [0, 0.05) is 11.4 Å². The highest BCUT2D eigenvalue weighted by molar-refractivity contribution is 6.43. The zero-order chi connectivity index (χ0) is 31.7. The highest BCUT2D eigenvalue weighted by atomic mass is 35.5. The zero-order valence-electron chi connectivity index (χ0n) is 25.6. The molecule has 0 aromatic heterocycles. The number of fused-ring (bicyclic) bond motifs is 3. The molecule has 9 heteroatoms. The molecule has 6 rings (SSSR count). The topological polar surface area (TPSA) is 99.1 Å². The molecule has 3 aliphatic rings. The van der Waals surface area contributed by atoms with E-state index in [1.165, 1.54) is 16.5 Å². The second-order valence-electron chi connectivity index (χ2n) is 12.1. The number of para-hydroxylation sites is 1. The fraction of sp³-hybridized carbons (Fsp3) is 0.333. The first-order valence-electron chi connectivity index (χ1n) is 15.8. The number of halogens is 1. The van der Waals surface area contributed by atoms with E-state index in [4.69, 9.17) is 16.3 Å². The number of nitrogens with one attached hydrogen (secondary N) is 1. The monoisotopic (exact) mass is 624 g/mol. The molecular formula is C36H38BClN2O5. The number of imide groups is 1. The van der Waals surface area contributed by atoms with Crippen molar-refractivity contribution in [3.8, 4) is 5.75 Å². The summed E-state index contributed by atoms with van der Waals surface area (Å²) in [6.45, 7) is 4.17. The fourth-order valence-electron chi connectivity index (χ4n) is 7.26. The Morgan fingerprint density at radius 3 is 2.44 bits per heavy atom. The number of allylic oxidation sites excluding steroid dienone is 2. The smallest absolute Gasteiger partial charge is 0.455 e. The summed E-state index contributed by atoms with van der Waals surface area (Å²) >= 11 is 6.36. The number of benzene rings is 3. The number of rotatable bonds is 9. The minimum absolute atomic E-state index is 0.121. The largest absolute Gasteiger partial charge is 0.508 e. The summed E-state index contributed by atoms with van der Waals surface area (Å²) in [5.41, 5.74) is 6.63. The fourth-order valence-corrected chi connectivity index (χ4v) is 7.49. The Balaban J connectivity index is 1.22. The van der Waals surface area contributed by atoms with E-state index in [0.717, 1.165) is 47.3 Å². The van der Waals surface area contributed by atoms with Crippen LogP contribution in [0.1, 0.15) is 51.5 Å². The van der Waals surface area contributed by atoms with Gasteiger partial charge in [0.05, 0.1) is 28.6 Å². The zero-order valence-corrected chi connectivity index (χ0v) is 26.3. The normalized spacial score (nSPS) is 23.3. The number of phenols is 1. The van der Waals surface area contributed by atoms with Crippen molar-refractivity contribution in [1.82, 2.24) is 0 Å². The van der Waals surface area contributed by atoms with Crippen molar-refractivity contribution in [2.75, 3.05) is 10.2 Å². The summed E-state index contributed by atoms with van der Waals surface area (Å²) in [4.78, 5) is 29.3. The standard InChI is InChI=1S/C36H38BClN2O5/c1-3-22(18-24-11-16-28(41)20-31(24)38)10-17-32-33-23(4-2)19-29-34(30(33)21-37(44)45-32)36(43)40(35(29)42)27-14-12-26(13-15-27)39-25-8-6-5-7-9-25/h5-9,11-16,18,20,29-30,32,34,39,41,44H,3-4,10,17,19,21H2,1-2H3/b22-18+/t29-,30+,32-,34-/m1/s1. The molecule has 7 nitrogen and oxygen atoms in total. The minimum Gasteiger partial charge on any atom is -0.508 e. The van der Waals surface area contributed by atoms with Gasteiger partial charge in [-0.1, -0.05) is 60.9 Å². The molecule has 2 heterocycles. The molecule has 0 spiro atoms. The average Bonchev–Trinajstić information content (AvgIpc) is 3.29. The van der Waals surface area contributed by atoms with Gasteiger partial charge in [0.25, 0.3) is 0 Å². The lowest BCUT2D eigenvalue weighted by Crippen LogP contribution is -2.46. The van der Waals surface area contributed by atoms with Crippen molar-refractivity contribution in [1.29, 1.82) is 0 Å². The first-order chi connectivity index (χ1) is 21.8. The Labute approximate surface area is 269 Å². The van der Waals surface area contributed by atoms with Crippen LogP contribution < -0.4 is 10.2 Å². The van der Waals surface area contributed by atoms with Gasteiger partial charge >= 0.3 is 7.12 Å². The molecule has 45 heavy (non-hydrogen) atoms. The number of amides is 2. The van der Waals surface area contributed by atoms with E-state index in [2.05, 4.69) is 19.2 Å². The van der Waals surface area contributed by atoms with Crippen molar-refractivity contribution in [3.63, 3.8) is 0 Å². The predicted molar refractivity (Wildman–Crippen MR) is 179 cm³/mol. The molecule has 3 aromatic rings. The molecule has 2 fully saturated rings. The molecule has 3 aromatic carbocycles. The molecule has 1 aliphatic carbocycles. The summed E-state index contributed by atoms with van der Waals surface area (Å²) in [5.74, 6) is -1.47. The lowest BCUT2D eigenvalue weighted by molar-refractivity contribution is -0.122. The van der Waals surface area contributed by atoms with Crippen LogP contribution in [0.2, 0.25) is 11.3 Å². The van der Waals surface area contributed by atoms with E-state index in [1.54, 1.807) is 12.1 Å². The SMILES string of the molecule is CCC1=C2[C@@H](CC/C(=C/c3ccc(O)cc3Cl)CC)OB(O)C[C@@H]2[C@@H]2C(=O)N(c3ccc(Nc4ccccc4)cc3)C(=O)[C@@H]2C1. The number of carbonyl (C=O) groups is 2. The third kappa shape index (κ3) is 6.32. The van der Waals surface area contributed by atoms with Crippen LogP contribution in [0.4, 0.5) is 17.1 Å². The molecule has 2 aliphatic heterocycles. The Bertz CT molecular complexity index is 1640. The van der Waals surface area contributed by atoms with Gasteiger partial charge < -0.3 is 20.1 Å². The first-order valence-corrected chi connectivity index (χ1v) is 16.2. The maximum absolute atomic E-state index is 14.1. The van der Waals surface area contributed by atoms with Crippen molar-refractivity contribution in [2.24, 2.45) is 17.8 Å². The Morgan fingerprint density at radius 1 is 1.02 bits per heavy atom. The average molecular weight is 625 g/mol. The van der Waals surface area contributed by atoms with Crippen molar-refractivity contribution >= 4 is 53.7 Å². The molecule has 0 saturated carbocycles. The molecule has 3 N–H and O–H groups in total. The maximum Gasteiger partial charge on any atom is 0.455 e. The summed E-state index contributed by atoms with van der Waals surface area (Å²) in [7, 11) is -1.01. The summed E-state index contributed by atoms with van der Waals surface area (Å²) in [6, 6.07) is 22.1. The summed E-state index contributed by atoms with van der Waals surface area (Å²) in [6.07, 6.45) is 5.44. The van der Waals surface area contributed by atoms with Gasteiger partial charge in [-0.2, -0.15) is 0 Å². The summed E-state index contributed by atoms with van der Waals surface area (Å²) < 4.78 is 6.15. The summed E-state index contributed by atoms with van der Waals surface area (Å²) in [5, 5.41) is 24.4. The predicted octanol–water partition coefficient (Wildman–Crippen LogP) is 7.77. The van der Waals surface area contributed by atoms with E-state index in [9.17, 15) is 19.7 Å². The Hall–Kier alpha value is -3.85. The van der Waals surface area contributed by atoms with Crippen LogP contribution in [0.5, 0.6) is 5.75 Å². The number of carbonyl (C=O) groups excluding carboxylic acids is 2. The second-order valence-corrected chi connectivity index (χ2v) is 12.5. The maximum atomic E-state index is 14.1. The quantitative estimate of drug-likeness (QED) is 0.128. The van der Waals surface area contributed by atoms with E-state index < -0.39 is 19.0 Å². The highest BCUT2D eigenvalue weighted by Crippen LogP contribution is 2.52. The van der Waals surface area contributed by atoms with Crippen LogP contribution in [0, 0.1) is 17.8 Å². The third-order valence-corrected chi connectivity index (χ3v) is 9.78. The lowest BCUT2D eigenvalue weighted by atomic mass is 9.58. The van der Waals surface area contributed by atoms with E-state index in [1.807, 2.05) is 60.7 Å². The van der Waals surface area contributed by atoms with Crippen molar-refractivity contribution < 1.29 is 24.4 Å². The highest BCUT2D eigenvalue weighted by Gasteiger charge is 2.57. The number of aromatic hydroxyl groups is 1. The number of phenolic OH excluding ortho intramolecular Hbond substituents is 1. The van der Waals surface area contributed by atoms with Crippen molar-refractivity contribution in [3.05, 3.63) is 100 Å². The first kappa shape index (κ1) is 31.2. The van der Waals surface area contributed by atoms with Gasteiger partial charge in [0.1, 0.15) is 5.75 Å². The molecule has 0 radical (unpaired) electrons. The molecule has 4 atom stereocenters. The Morgan fingerprint density at radius 2 is 1.76 bits per heavy atom. The van der Waals surface area contributed by atoms with Crippen molar-refractivity contribution in [2.45, 2.75) is 58.4 Å². The number of hydrogen-bond donors (Lipinski definition) is 3. The van der Waals surface area contributed by atoms with Crippen LogP contribution in [-0.2, 0) is 14.2 Å². The molecule has 2 saturated heterocycles. The van der Waals surface area contributed by atoms with Crippen LogP contribution in [0.25, 0.3) is 6.08 Å². The van der Waals surface area contributed by atoms with Crippen LogP contribution >= 0.6 is 11.6 Å². The van der Waals surface area contributed by atoms with Gasteiger partial charge in [-0.15, -0.1) is 0 Å². The minimum atomic E-state index is -1.01. The molecule has 2 amide bonds. The lowest BCUT2D eigenvalue weighted by Gasteiger charge is -2.43. The van der Waals surface area contributed by atoms with Gasteiger partial charge in [0.2, 0.25) is 11.8 Å². The molecule has 232 valence electrons. The number of hydrogen-bond acceptors (Lipinski definition) is 6. The number of anilines is 3.